The van der Waals surface area contributed by atoms with E-state index in [1.165, 1.54) is 44.3 Å². The van der Waals surface area contributed by atoms with Gasteiger partial charge in [-0.2, -0.15) is 0 Å². The minimum absolute atomic E-state index is 0.820. The molecule has 17 heavy (non-hydrogen) atoms. The van der Waals surface area contributed by atoms with E-state index in [4.69, 9.17) is 4.42 Å². The van der Waals surface area contributed by atoms with Crippen molar-refractivity contribution >= 4 is 0 Å². The Labute approximate surface area is 104 Å². The van der Waals surface area contributed by atoms with Gasteiger partial charge in [0.15, 0.2) is 0 Å². The van der Waals surface area contributed by atoms with Crippen molar-refractivity contribution in [2.75, 3.05) is 20.1 Å². The maximum atomic E-state index is 5.74. The molecule has 0 saturated carbocycles. The van der Waals surface area contributed by atoms with E-state index in [2.05, 4.69) is 23.2 Å². The fraction of sp³-hybridized carbons (Fsp3) is 0.714. The lowest BCUT2D eigenvalue weighted by Gasteiger charge is -2.18. The normalized spacial score (nSPS) is 18.2. The quantitative estimate of drug-likeness (QED) is 0.871. The van der Waals surface area contributed by atoms with Crippen molar-refractivity contribution in [1.82, 2.24) is 10.2 Å². The van der Waals surface area contributed by atoms with Crippen LogP contribution < -0.4 is 5.32 Å². The van der Waals surface area contributed by atoms with Crippen LogP contribution >= 0.6 is 0 Å². The zero-order chi connectivity index (χ0) is 12.1. The molecule has 0 aliphatic carbocycles. The van der Waals surface area contributed by atoms with E-state index in [-0.39, 0.29) is 0 Å². The van der Waals surface area contributed by atoms with Crippen LogP contribution in [0.2, 0.25) is 0 Å². The number of nitrogens with zero attached hydrogens (tertiary/aromatic N) is 1. The minimum Gasteiger partial charge on any atom is -0.465 e. The average molecular weight is 236 g/mol. The minimum atomic E-state index is 0.820. The van der Waals surface area contributed by atoms with Crippen LogP contribution in [0, 0.1) is 6.92 Å². The van der Waals surface area contributed by atoms with E-state index in [1.54, 1.807) is 0 Å². The van der Waals surface area contributed by atoms with E-state index in [9.17, 15) is 0 Å². The first kappa shape index (κ1) is 12.7. The molecule has 0 unspecified atom stereocenters. The molecule has 1 aliphatic heterocycles. The molecule has 1 fully saturated rings. The van der Waals surface area contributed by atoms with Gasteiger partial charge in [-0.05, 0) is 46.0 Å². The Bertz CT molecular complexity index is 338. The van der Waals surface area contributed by atoms with Crippen molar-refractivity contribution in [2.45, 2.75) is 45.7 Å². The number of hydrogen-bond acceptors (Lipinski definition) is 3. The zero-order valence-electron chi connectivity index (χ0n) is 11.1. The predicted octanol–water partition coefficient (Wildman–Crippen LogP) is 2.68. The van der Waals surface area contributed by atoms with Gasteiger partial charge < -0.3 is 9.73 Å². The fourth-order valence-corrected chi connectivity index (χ4v) is 2.54. The number of hydrogen-bond donors (Lipinski definition) is 1. The molecule has 3 heteroatoms. The second-order valence-electron chi connectivity index (χ2n) is 5.01. The Balaban J connectivity index is 1.96. The molecule has 0 aromatic carbocycles. The predicted molar refractivity (Wildman–Crippen MR) is 70.0 cm³/mol. The van der Waals surface area contributed by atoms with E-state index >= 15 is 0 Å². The topological polar surface area (TPSA) is 28.4 Å². The highest BCUT2D eigenvalue weighted by Crippen LogP contribution is 2.19. The molecule has 3 nitrogen and oxygen atoms in total. The third-order valence-corrected chi connectivity index (χ3v) is 3.52. The summed E-state index contributed by atoms with van der Waals surface area (Å²) in [5.74, 6) is 2.13. The summed E-state index contributed by atoms with van der Waals surface area (Å²) in [5.41, 5.74) is 1.36. The Morgan fingerprint density at radius 2 is 1.94 bits per heavy atom. The van der Waals surface area contributed by atoms with Gasteiger partial charge in [0.1, 0.15) is 11.5 Å². The Morgan fingerprint density at radius 3 is 2.59 bits per heavy atom. The molecule has 1 saturated heterocycles. The first-order valence-corrected chi connectivity index (χ1v) is 6.74. The molecule has 2 rings (SSSR count). The molecule has 0 atom stereocenters. The molecule has 1 aromatic heterocycles. The number of furan rings is 1. The first-order valence-electron chi connectivity index (χ1n) is 6.74. The molecular formula is C14H24N2O. The summed E-state index contributed by atoms with van der Waals surface area (Å²) in [6.07, 6.45) is 5.48. The molecule has 1 aliphatic rings. The highest BCUT2D eigenvalue weighted by molar-refractivity contribution is 5.20. The summed E-state index contributed by atoms with van der Waals surface area (Å²) in [4.78, 5) is 2.56. The van der Waals surface area contributed by atoms with Crippen LogP contribution in [-0.4, -0.2) is 25.0 Å². The maximum Gasteiger partial charge on any atom is 0.118 e. The largest absolute Gasteiger partial charge is 0.465 e. The zero-order valence-corrected chi connectivity index (χ0v) is 11.1. The molecule has 0 spiro atoms. The van der Waals surface area contributed by atoms with Crippen molar-refractivity contribution in [3.63, 3.8) is 0 Å². The highest BCUT2D eigenvalue weighted by Gasteiger charge is 2.13. The number of rotatable bonds is 4. The number of likely N-dealkylation sites (tertiary alicyclic amines) is 1. The molecule has 0 amide bonds. The Hall–Kier alpha value is -0.800. The van der Waals surface area contributed by atoms with Crippen LogP contribution in [0.1, 0.15) is 42.8 Å². The molecule has 96 valence electrons. The van der Waals surface area contributed by atoms with Crippen molar-refractivity contribution < 1.29 is 4.42 Å². The lowest BCUT2D eigenvalue weighted by molar-refractivity contribution is 0.275. The molecular weight excluding hydrogens is 212 g/mol. The van der Waals surface area contributed by atoms with Gasteiger partial charge in [-0.25, -0.2) is 0 Å². The van der Waals surface area contributed by atoms with Crippen LogP contribution in [0.5, 0.6) is 0 Å². The number of aryl methyl sites for hydroxylation is 1. The van der Waals surface area contributed by atoms with Gasteiger partial charge >= 0.3 is 0 Å². The average Bonchev–Trinajstić information content (AvgIpc) is 2.54. The standard InChI is InChI=1S/C14H24N2O/c1-12-13(9-14(17-12)10-15-2)11-16-7-5-3-4-6-8-16/h9,15H,3-8,10-11H2,1-2H3. The fourth-order valence-electron chi connectivity index (χ4n) is 2.54. The lowest BCUT2D eigenvalue weighted by Crippen LogP contribution is -2.24. The second kappa shape index (κ2) is 6.22. The van der Waals surface area contributed by atoms with Gasteiger partial charge in [0, 0.05) is 12.1 Å². The lowest BCUT2D eigenvalue weighted by atomic mass is 10.2. The SMILES string of the molecule is CNCc1cc(CN2CCCCCC2)c(C)o1. The summed E-state index contributed by atoms with van der Waals surface area (Å²) < 4.78 is 5.74. The van der Waals surface area contributed by atoms with Gasteiger partial charge in [-0.3, -0.25) is 4.90 Å². The third-order valence-electron chi connectivity index (χ3n) is 3.52. The summed E-state index contributed by atoms with van der Waals surface area (Å²) >= 11 is 0. The van der Waals surface area contributed by atoms with Crippen LogP contribution in [-0.2, 0) is 13.1 Å². The number of nitrogens with one attached hydrogen (secondary N) is 1. The maximum absolute atomic E-state index is 5.74. The molecule has 1 N–H and O–H groups in total. The molecule has 2 heterocycles. The van der Waals surface area contributed by atoms with E-state index in [0.29, 0.717) is 0 Å². The second-order valence-corrected chi connectivity index (χ2v) is 5.01. The third kappa shape index (κ3) is 3.58. The van der Waals surface area contributed by atoms with Crippen LogP contribution in [0.3, 0.4) is 0 Å². The molecule has 0 bridgehead atoms. The summed E-state index contributed by atoms with van der Waals surface area (Å²) in [5, 5.41) is 3.13. The monoisotopic (exact) mass is 236 g/mol. The van der Waals surface area contributed by atoms with Crippen molar-refractivity contribution in [2.24, 2.45) is 0 Å². The van der Waals surface area contributed by atoms with E-state index < -0.39 is 0 Å². The van der Waals surface area contributed by atoms with Crippen LogP contribution in [0.25, 0.3) is 0 Å². The first-order chi connectivity index (χ1) is 8.29. The summed E-state index contributed by atoms with van der Waals surface area (Å²) in [7, 11) is 1.95. The van der Waals surface area contributed by atoms with Crippen LogP contribution in [0.4, 0.5) is 0 Å². The van der Waals surface area contributed by atoms with Crippen LogP contribution in [0.15, 0.2) is 10.5 Å². The molecule has 1 aromatic rings. The highest BCUT2D eigenvalue weighted by atomic mass is 16.3. The van der Waals surface area contributed by atoms with Gasteiger partial charge in [-0.1, -0.05) is 12.8 Å². The Kier molecular flexibility index (Phi) is 4.63. The van der Waals surface area contributed by atoms with Gasteiger partial charge in [0.25, 0.3) is 0 Å². The molecule has 0 radical (unpaired) electrons. The van der Waals surface area contributed by atoms with Gasteiger partial charge in [-0.15, -0.1) is 0 Å². The van der Waals surface area contributed by atoms with Crippen molar-refractivity contribution in [1.29, 1.82) is 0 Å². The van der Waals surface area contributed by atoms with Crippen molar-refractivity contribution in [3.8, 4) is 0 Å². The summed E-state index contributed by atoms with van der Waals surface area (Å²) in [6, 6.07) is 2.21. The van der Waals surface area contributed by atoms with Gasteiger partial charge in [0.05, 0.1) is 6.54 Å². The van der Waals surface area contributed by atoms with E-state index in [0.717, 1.165) is 24.6 Å². The Morgan fingerprint density at radius 1 is 1.24 bits per heavy atom. The summed E-state index contributed by atoms with van der Waals surface area (Å²) in [6.45, 7) is 6.43. The smallest absolute Gasteiger partial charge is 0.118 e. The van der Waals surface area contributed by atoms with Crippen molar-refractivity contribution in [3.05, 3.63) is 23.2 Å². The van der Waals surface area contributed by atoms with Gasteiger partial charge in [0.2, 0.25) is 0 Å². The van der Waals surface area contributed by atoms with E-state index in [1.807, 2.05) is 7.05 Å².